The Hall–Kier alpha value is -2.05. The standard InChI is InChI=1S/C21H24FN3OS/c22-19-9-5-4-8-18(19)21-25(14-15-27-21)20(26)16-23-10-12-24(13-11-23)17-6-2-1-3-7-17/h1-9,21H,10-16H2/t21-/m1/s1. The lowest BCUT2D eigenvalue weighted by Gasteiger charge is -2.36. The summed E-state index contributed by atoms with van der Waals surface area (Å²) in [5.74, 6) is 0.722. The van der Waals surface area contributed by atoms with Gasteiger partial charge in [0.15, 0.2) is 0 Å². The Morgan fingerprint density at radius 1 is 0.963 bits per heavy atom. The first-order chi connectivity index (χ1) is 13.2. The van der Waals surface area contributed by atoms with Crippen molar-refractivity contribution < 1.29 is 9.18 Å². The van der Waals surface area contributed by atoms with Gasteiger partial charge in [-0.3, -0.25) is 9.69 Å². The van der Waals surface area contributed by atoms with Gasteiger partial charge >= 0.3 is 0 Å². The van der Waals surface area contributed by atoms with Crippen molar-refractivity contribution in [3.8, 4) is 0 Å². The second-order valence-corrected chi connectivity index (χ2v) is 8.12. The highest BCUT2D eigenvalue weighted by molar-refractivity contribution is 7.99. The number of thioether (sulfide) groups is 1. The number of para-hydroxylation sites is 1. The number of nitrogens with zero attached hydrogens (tertiary/aromatic N) is 3. The number of carbonyl (C=O) groups is 1. The Labute approximate surface area is 163 Å². The molecule has 2 saturated heterocycles. The van der Waals surface area contributed by atoms with Gasteiger partial charge in [-0.05, 0) is 18.2 Å². The maximum Gasteiger partial charge on any atom is 0.237 e. The van der Waals surface area contributed by atoms with Crippen LogP contribution in [0.3, 0.4) is 0 Å². The van der Waals surface area contributed by atoms with Crippen LogP contribution in [0.25, 0.3) is 0 Å². The second kappa shape index (κ2) is 8.31. The molecule has 2 fully saturated rings. The molecular weight excluding hydrogens is 361 g/mol. The van der Waals surface area contributed by atoms with Crippen LogP contribution in [0, 0.1) is 5.82 Å². The lowest BCUT2D eigenvalue weighted by Crippen LogP contribution is -2.50. The number of halogens is 1. The van der Waals surface area contributed by atoms with E-state index in [1.54, 1.807) is 23.9 Å². The molecule has 0 radical (unpaired) electrons. The summed E-state index contributed by atoms with van der Waals surface area (Å²) < 4.78 is 14.2. The summed E-state index contributed by atoms with van der Waals surface area (Å²) in [4.78, 5) is 19.3. The van der Waals surface area contributed by atoms with Crippen LogP contribution in [0.5, 0.6) is 0 Å². The smallest absolute Gasteiger partial charge is 0.237 e. The Morgan fingerprint density at radius 3 is 2.41 bits per heavy atom. The van der Waals surface area contributed by atoms with E-state index >= 15 is 0 Å². The van der Waals surface area contributed by atoms with E-state index < -0.39 is 0 Å². The molecule has 142 valence electrons. The predicted molar refractivity (Wildman–Crippen MR) is 108 cm³/mol. The van der Waals surface area contributed by atoms with Gasteiger partial charge in [-0.1, -0.05) is 36.4 Å². The maximum absolute atomic E-state index is 14.2. The molecule has 0 spiro atoms. The predicted octanol–water partition coefficient (Wildman–Crippen LogP) is 3.22. The first kappa shape index (κ1) is 18.3. The zero-order chi connectivity index (χ0) is 18.6. The fourth-order valence-electron chi connectivity index (χ4n) is 3.74. The quantitative estimate of drug-likeness (QED) is 0.808. The van der Waals surface area contributed by atoms with Crippen LogP contribution >= 0.6 is 11.8 Å². The van der Waals surface area contributed by atoms with Crippen molar-refractivity contribution in [3.05, 3.63) is 66.0 Å². The number of anilines is 1. The van der Waals surface area contributed by atoms with Gasteiger partial charge in [0.25, 0.3) is 0 Å². The van der Waals surface area contributed by atoms with E-state index in [1.807, 2.05) is 17.0 Å². The molecule has 2 heterocycles. The molecule has 2 aliphatic rings. The van der Waals surface area contributed by atoms with E-state index in [9.17, 15) is 9.18 Å². The topological polar surface area (TPSA) is 26.8 Å². The van der Waals surface area contributed by atoms with Crippen molar-refractivity contribution in [2.45, 2.75) is 5.37 Å². The highest BCUT2D eigenvalue weighted by Crippen LogP contribution is 2.39. The van der Waals surface area contributed by atoms with Crippen LogP contribution in [-0.2, 0) is 4.79 Å². The van der Waals surface area contributed by atoms with Gasteiger partial charge in [0, 0.05) is 49.7 Å². The third-order valence-electron chi connectivity index (χ3n) is 5.24. The summed E-state index contributed by atoms with van der Waals surface area (Å²) in [7, 11) is 0. The molecule has 0 unspecified atom stereocenters. The van der Waals surface area contributed by atoms with Gasteiger partial charge in [0.2, 0.25) is 5.91 Å². The number of benzene rings is 2. The summed E-state index contributed by atoms with van der Waals surface area (Å²) in [5, 5.41) is -0.204. The Morgan fingerprint density at radius 2 is 1.67 bits per heavy atom. The van der Waals surface area contributed by atoms with E-state index in [4.69, 9.17) is 0 Å². The van der Waals surface area contributed by atoms with Gasteiger partial charge in [-0.2, -0.15) is 0 Å². The fraction of sp³-hybridized carbons (Fsp3) is 0.381. The average Bonchev–Trinajstić information content (AvgIpc) is 3.19. The average molecular weight is 386 g/mol. The van der Waals surface area contributed by atoms with Crippen LogP contribution in [0.2, 0.25) is 0 Å². The molecule has 2 aromatic carbocycles. The molecule has 4 rings (SSSR count). The summed E-state index contributed by atoms with van der Waals surface area (Å²) in [6.45, 7) is 4.67. The van der Waals surface area contributed by atoms with Gasteiger partial charge < -0.3 is 9.80 Å². The molecule has 0 aliphatic carbocycles. The van der Waals surface area contributed by atoms with E-state index in [0.29, 0.717) is 18.7 Å². The number of hydrogen-bond acceptors (Lipinski definition) is 4. The number of rotatable bonds is 4. The van der Waals surface area contributed by atoms with Crippen molar-refractivity contribution in [1.29, 1.82) is 0 Å². The third kappa shape index (κ3) is 4.12. The van der Waals surface area contributed by atoms with E-state index in [0.717, 1.165) is 31.9 Å². The van der Waals surface area contributed by atoms with E-state index in [2.05, 4.69) is 34.1 Å². The largest absolute Gasteiger partial charge is 0.369 e. The molecular formula is C21H24FN3OS. The maximum atomic E-state index is 14.2. The summed E-state index contributed by atoms with van der Waals surface area (Å²) in [6, 6.07) is 17.2. The van der Waals surface area contributed by atoms with Crippen LogP contribution in [-0.4, -0.2) is 60.7 Å². The molecule has 4 nitrogen and oxygen atoms in total. The number of carbonyl (C=O) groups excluding carboxylic acids is 1. The molecule has 0 saturated carbocycles. The van der Waals surface area contributed by atoms with Crippen molar-refractivity contribution in [2.75, 3.05) is 49.9 Å². The third-order valence-corrected chi connectivity index (χ3v) is 6.48. The number of hydrogen-bond donors (Lipinski definition) is 0. The van der Waals surface area contributed by atoms with Crippen molar-refractivity contribution in [3.63, 3.8) is 0 Å². The zero-order valence-electron chi connectivity index (χ0n) is 15.3. The van der Waals surface area contributed by atoms with E-state index in [1.165, 1.54) is 11.8 Å². The normalized spacial score (nSPS) is 20.9. The van der Waals surface area contributed by atoms with E-state index in [-0.39, 0.29) is 17.1 Å². The lowest BCUT2D eigenvalue weighted by atomic mass is 10.2. The second-order valence-electron chi connectivity index (χ2n) is 6.93. The fourth-order valence-corrected chi connectivity index (χ4v) is 5.04. The Balaban J connectivity index is 1.35. The summed E-state index contributed by atoms with van der Waals surface area (Å²) in [5.41, 5.74) is 1.85. The molecule has 0 aromatic heterocycles. The number of amides is 1. The number of piperazine rings is 1. The molecule has 1 atom stereocenters. The minimum Gasteiger partial charge on any atom is -0.369 e. The monoisotopic (exact) mass is 385 g/mol. The molecule has 1 amide bonds. The van der Waals surface area contributed by atoms with Crippen molar-refractivity contribution in [1.82, 2.24) is 9.80 Å². The molecule has 2 aliphatic heterocycles. The Kier molecular flexibility index (Phi) is 5.64. The summed E-state index contributed by atoms with van der Waals surface area (Å²) in [6.07, 6.45) is 0. The molecule has 6 heteroatoms. The molecule has 0 bridgehead atoms. The lowest BCUT2D eigenvalue weighted by molar-refractivity contribution is -0.132. The highest BCUT2D eigenvalue weighted by atomic mass is 32.2. The first-order valence-corrected chi connectivity index (χ1v) is 10.4. The van der Waals surface area contributed by atoms with Gasteiger partial charge in [-0.25, -0.2) is 4.39 Å². The van der Waals surface area contributed by atoms with Crippen LogP contribution < -0.4 is 4.90 Å². The molecule has 27 heavy (non-hydrogen) atoms. The van der Waals surface area contributed by atoms with Crippen molar-refractivity contribution >= 4 is 23.4 Å². The molecule has 0 N–H and O–H groups in total. The SMILES string of the molecule is O=C(CN1CCN(c2ccccc2)CC1)N1CCS[C@@H]1c1ccccc1F. The highest BCUT2D eigenvalue weighted by Gasteiger charge is 2.33. The zero-order valence-corrected chi connectivity index (χ0v) is 16.1. The first-order valence-electron chi connectivity index (χ1n) is 9.40. The van der Waals surface area contributed by atoms with Crippen LogP contribution in [0.15, 0.2) is 54.6 Å². The van der Waals surface area contributed by atoms with Crippen LogP contribution in [0.4, 0.5) is 10.1 Å². The van der Waals surface area contributed by atoms with Gasteiger partial charge in [-0.15, -0.1) is 11.8 Å². The van der Waals surface area contributed by atoms with Gasteiger partial charge in [0.1, 0.15) is 11.2 Å². The minimum atomic E-state index is -0.230. The Bertz CT molecular complexity index is 780. The summed E-state index contributed by atoms with van der Waals surface area (Å²) >= 11 is 1.64. The minimum absolute atomic E-state index is 0.0985. The molecule has 2 aromatic rings. The van der Waals surface area contributed by atoms with Crippen molar-refractivity contribution in [2.24, 2.45) is 0 Å². The van der Waals surface area contributed by atoms with Crippen LogP contribution in [0.1, 0.15) is 10.9 Å². The van der Waals surface area contributed by atoms with Gasteiger partial charge in [0.05, 0.1) is 6.54 Å².